The summed E-state index contributed by atoms with van der Waals surface area (Å²) in [5.41, 5.74) is 2.64. The predicted molar refractivity (Wildman–Crippen MR) is 108 cm³/mol. The molecule has 0 aromatic carbocycles. The summed E-state index contributed by atoms with van der Waals surface area (Å²) >= 11 is 0. The zero-order chi connectivity index (χ0) is 20.9. The zero-order valence-corrected chi connectivity index (χ0v) is 18.5. The number of rotatable bonds is 4. The molecule has 0 saturated carbocycles. The molecule has 0 aliphatic carbocycles. The SMILES string of the molecule is CC.Cc1nn(CC(=O)C2CCCN2C(=O)OC(C)(C)C)c(C)c1C(C)C. The number of aryl methyl sites for hydroxylation is 1. The van der Waals surface area contributed by atoms with Gasteiger partial charge in [0.1, 0.15) is 12.1 Å². The minimum absolute atomic E-state index is 0.0178. The van der Waals surface area contributed by atoms with Crippen molar-refractivity contribution in [2.45, 2.75) is 99.3 Å². The van der Waals surface area contributed by atoms with Gasteiger partial charge in [0.25, 0.3) is 0 Å². The van der Waals surface area contributed by atoms with E-state index in [4.69, 9.17) is 4.74 Å². The van der Waals surface area contributed by atoms with E-state index in [0.717, 1.165) is 17.8 Å². The van der Waals surface area contributed by atoms with Gasteiger partial charge in [0.05, 0.1) is 11.7 Å². The second-order valence-corrected chi connectivity index (χ2v) is 8.19. The van der Waals surface area contributed by atoms with Crippen molar-refractivity contribution in [1.82, 2.24) is 14.7 Å². The number of ketones is 1. The summed E-state index contributed by atoms with van der Waals surface area (Å²) in [4.78, 5) is 26.8. The zero-order valence-electron chi connectivity index (χ0n) is 18.5. The number of carbonyl (C=O) groups excluding carboxylic acids is 2. The highest BCUT2D eigenvalue weighted by molar-refractivity contribution is 5.87. The molecule has 0 spiro atoms. The van der Waals surface area contributed by atoms with E-state index in [1.54, 1.807) is 9.58 Å². The van der Waals surface area contributed by atoms with Crippen molar-refractivity contribution >= 4 is 11.9 Å². The Bertz CT molecular complexity index is 656. The maximum atomic E-state index is 12.8. The number of nitrogens with zero attached hydrogens (tertiary/aromatic N) is 3. The lowest BCUT2D eigenvalue weighted by atomic mass is 10.0. The average molecular weight is 380 g/mol. The summed E-state index contributed by atoms with van der Waals surface area (Å²) in [7, 11) is 0. The molecule has 1 unspecified atom stereocenters. The number of hydrogen-bond donors (Lipinski definition) is 0. The molecule has 1 aromatic heterocycles. The molecule has 154 valence electrons. The predicted octanol–water partition coefficient (Wildman–Crippen LogP) is 4.62. The molecule has 27 heavy (non-hydrogen) atoms. The lowest BCUT2D eigenvalue weighted by Crippen LogP contribution is -2.44. The molecule has 1 saturated heterocycles. The van der Waals surface area contributed by atoms with E-state index in [0.29, 0.717) is 18.9 Å². The average Bonchev–Trinajstić information content (AvgIpc) is 3.13. The molecule has 0 bridgehead atoms. The molecule has 1 atom stereocenters. The first-order chi connectivity index (χ1) is 12.5. The summed E-state index contributed by atoms with van der Waals surface area (Å²) in [6, 6.07) is -0.416. The quantitative estimate of drug-likeness (QED) is 0.766. The Morgan fingerprint density at radius 2 is 1.81 bits per heavy atom. The van der Waals surface area contributed by atoms with Gasteiger partial charge in [0, 0.05) is 12.2 Å². The smallest absolute Gasteiger partial charge is 0.410 e. The third kappa shape index (κ3) is 5.81. The Labute approximate surface area is 164 Å². The highest BCUT2D eigenvalue weighted by Gasteiger charge is 2.36. The largest absolute Gasteiger partial charge is 0.444 e. The van der Waals surface area contributed by atoms with Crippen molar-refractivity contribution in [3.05, 3.63) is 17.0 Å². The van der Waals surface area contributed by atoms with Crippen LogP contribution in [-0.2, 0) is 16.1 Å². The first kappa shape index (κ1) is 23.2. The lowest BCUT2D eigenvalue weighted by Gasteiger charge is -2.28. The third-order valence-corrected chi connectivity index (χ3v) is 4.57. The van der Waals surface area contributed by atoms with Crippen LogP contribution in [0.2, 0.25) is 0 Å². The van der Waals surface area contributed by atoms with E-state index in [9.17, 15) is 9.59 Å². The Hall–Kier alpha value is -1.85. The van der Waals surface area contributed by atoms with Crippen LogP contribution in [0.25, 0.3) is 0 Å². The number of ether oxygens (including phenoxy) is 1. The first-order valence-electron chi connectivity index (χ1n) is 10.1. The molecular formula is C21H37N3O3. The normalized spacial score (nSPS) is 17.0. The summed E-state index contributed by atoms with van der Waals surface area (Å²) in [5, 5.41) is 4.53. The van der Waals surface area contributed by atoms with E-state index in [1.807, 2.05) is 48.5 Å². The van der Waals surface area contributed by atoms with Gasteiger partial charge in [-0.1, -0.05) is 27.7 Å². The number of aromatic nitrogens is 2. The van der Waals surface area contributed by atoms with Crippen molar-refractivity contribution in [3.8, 4) is 0 Å². The van der Waals surface area contributed by atoms with Gasteiger partial charge in [-0.2, -0.15) is 5.10 Å². The second-order valence-electron chi connectivity index (χ2n) is 8.19. The van der Waals surface area contributed by atoms with E-state index < -0.39 is 17.7 Å². The molecule has 6 heteroatoms. The molecule has 1 aromatic rings. The monoisotopic (exact) mass is 379 g/mol. The summed E-state index contributed by atoms with van der Waals surface area (Å²) < 4.78 is 7.22. The maximum absolute atomic E-state index is 12.8. The van der Waals surface area contributed by atoms with Crippen LogP contribution in [0, 0.1) is 13.8 Å². The van der Waals surface area contributed by atoms with Gasteiger partial charge in [0.2, 0.25) is 0 Å². The third-order valence-electron chi connectivity index (χ3n) is 4.57. The van der Waals surface area contributed by atoms with Crippen molar-refractivity contribution in [2.24, 2.45) is 0 Å². The van der Waals surface area contributed by atoms with Crippen LogP contribution in [0.3, 0.4) is 0 Å². The standard InChI is InChI=1S/C19H31N3O3.C2H6/c1-12(2)17-13(3)20-22(14(17)4)11-16(23)15-9-8-10-21(15)18(24)25-19(5,6)7;1-2/h12,15H,8-11H2,1-7H3;1-2H3. The first-order valence-corrected chi connectivity index (χ1v) is 10.1. The van der Waals surface area contributed by atoms with Crippen LogP contribution in [0.5, 0.6) is 0 Å². The fraction of sp³-hybridized carbons (Fsp3) is 0.762. The number of hydrogen-bond acceptors (Lipinski definition) is 4. The lowest BCUT2D eigenvalue weighted by molar-refractivity contribution is -0.124. The Balaban J connectivity index is 0.00000176. The van der Waals surface area contributed by atoms with Crippen molar-refractivity contribution in [2.75, 3.05) is 6.54 Å². The Morgan fingerprint density at radius 3 is 2.30 bits per heavy atom. The Kier molecular flexibility index (Phi) is 8.05. The van der Waals surface area contributed by atoms with E-state index in [-0.39, 0.29) is 12.3 Å². The molecule has 1 fully saturated rings. The van der Waals surface area contributed by atoms with Crippen LogP contribution in [0.1, 0.15) is 84.2 Å². The highest BCUT2D eigenvalue weighted by atomic mass is 16.6. The molecule has 0 N–H and O–H groups in total. The van der Waals surface area contributed by atoms with E-state index >= 15 is 0 Å². The van der Waals surface area contributed by atoms with Crippen LogP contribution in [0.4, 0.5) is 4.79 Å². The minimum atomic E-state index is -0.560. The molecule has 2 rings (SSSR count). The minimum Gasteiger partial charge on any atom is -0.444 e. The maximum Gasteiger partial charge on any atom is 0.410 e. The molecule has 6 nitrogen and oxygen atoms in total. The number of carbonyl (C=O) groups is 2. The van der Waals surface area contributed by atoms with Gasteiger partial charge in [-0.05, 0) is 58.9 Å². The van der Waals surface area contributed by atoms with Crippen molar-refractivity contribution in [3.63, 3.8) is 0 Å². The molecular weight excluding hydrogens is 342 g/mol. The Morgan fingerprint density at radius 1 is 1.22 bits per heavy atom. The number of Topliss-reactive ketones (excluding diaryl/α,β-unsaturated/α-hetero) is 1. The number of amides is 1. The van der Waals surface area contributed by atoms with Crippen LogP contribution in [-0.4, -0.2) is 44.7 Å². The highest BCUT2D eigenvalue weighted by Crippen LogP contribution is 2.25. The van der Waals surface area contributed by atoms with Crippen molar-refractivity contribution < 1.29 is 14.3 Å². The fourth-order valence-electron chi connectivity index (χ4n) is 3.59. The topological polar surface area (TPSA) is 64.4 Å². The molecule has 1 amide bonds. The summed E-state index contributed by atoms with van der Waals surface area (Å²) in [6.45, 7) is 18.5. The fourth-order valence-corrected chi connectivity index (χ4v) is 3.59. The van der Waals surface area contributed by atoms with Gasteiger partial charge in [-0.25, -0.2) is 4.79 Å². The van der Waals surface area contributed by atoms with Gasteiger partial charge in [-0.15, -0.1) is 0 Å². The summed E-state index contributed by atoms with van der Waals surface area (Å²) in [6.07, 6.45) is 1.11. The second kappa shape index (κ2) is 9.38. The molecule has 1 aliphatic heterocycles. The number of likely N-dealkylation sites (tertiary alicyclic amines) is 1. The van der Waals surface area contributed by atoms with Crippen LogP contribution >= 0.6 is 0 Å². The molecule has 0 radical (unpaired) electrons. The van der Waals surface area contributed by atoms with E-state index in [1.165, 1.54) is 5.56 Å². The van der Waals surface area contributed by atoms with E-state index in [2.05, 4.69) is 18.9 Å². The molecule has 1 aliphatic rings. The van der Waals surface area contributed by atoms with Gasteiger partial charge < -0.3 is 4.74 Å². The van der Waals surface area contributed by atoms with Gasteiger partial charge >= 0.3 is 6.09 Å². The summed E-state index contributed by atoms with van der Waals surface area (Å²) in [5.74, 6) is 0.387. The van der Waals surface area contributed by atoms with Crippen LogP contribution in [0.15, 0.2) is 0 Å². The molecule has 2 heterocycles. The van der Waals surface area contributed by atoms with Gasteiger partial charge in [0.15, 0.2) is 5.78 Å². The van der Waals surface area contributed by atoms with Gasteiger partial charge in [-0.3, -0.25) is 14.4 Å². The van der Waals surface area contributed by atoms with Crippen molar-refractivity contribution in [1.29, 1.82) is 0 Å². The van der Waals surface area contributed by atoms with Crippen LogP contribution < -0.4 is 0 Å².